The van der Waals surface area contributed by atoms with Gasteiger partial charge in [0.25, 0.3) is 0 Å². The lowest BCUT2D eigenvalue weighted by Crippen LogP contribution is -2.22. The summed E-state index contributed by atoms with van der Waals surface area (Å²) in [5.74, 6) is 0. The molecule has 2 nitrogen and oxygen atoms in total. The van der Waals surface area contributed by atoms with Gasteiger partial charge in [0.2, 0.25) is 0 Å². The molecule has 1 aliphatic carbocycles. The van der Waals surface area contributed by atoms with Crippen LogP contribution in [-0.4, -0.2) is 19.0 Å². The fraction of sp³-hybridized carbons (Fsp3) is 0.308. The molecule has 0 saturated carbocycles. The van der Waals surface area contributed by atoms with E-state index in [2.05, 4.69) is 96.7 Å². The number of aryl methyl sites for hydroxylation is 2. The molecule has 4 rings (SSSR count). The lowest BCUT2D eigenvalue weighted by Gasteiger charge is -2.24. The molecule has 3 aromatic carbocycles. The van der Waals surface area contributed by atoms with E-state index >= 15 is 0 Å². The summed E-state index contributed by atoms with van der Waals surface area (Å²) in [5, 5.41) is 0. The van der Waals surface area contributed by atoms with Gasteiger partial charge < -0.3 is 4.90 Å². The largest absolute Gasteiger partial charge is 0.378 e. The van der Waals surface area contributed by atoms with Crippen molar-refractivity contribution in [2.24, 2.45) is 0 Å². The van der Waals surface area contributed by atoms with Gasteiger partial charge in [0.1, 0.15) is 0 Å². The van der Waals surface area contributed by atoms with Gasteiger partial charge in [0.05, 0.1) is 0 Å². The maximum absolute atomic E-state index is 2.55. The minimum atomic E-state index is 0.958. The quantitative estimate of drug-likeness (QED) is 0.546. The number of hydrogen-bond acceptors (Lipinski definition) is 2. The van der Waals surface area contributed by atoms with E-state index in [1.165, 1.54) is 41.6 Å². The van der Waals surface area contributed by atoms with E-state index < -0.39 is 0 Å². The Morgan fingerprint density at radius 2 is 1.25 bits per heavy atom. The summed E-state index contributed by atoms with van der Waals surface area (Å²) >= 11 is 0. The molecule has 3 aromatic rings. The topological polar surface area (TPSA) is 6.48 Å². The standard InChI is InChI=1S/C26H30N2/c1-27(2)26-15-12-22(13-16-26)19-28(18-21-7-4-3-5-8-21)20-23-11-14-24-9-6-10-25(24)17-23/h3-5,7-8,11-17H,6,9-10,18-20H2,1-2H3. The fourth-order valence-electron chi connectivity index (χ4n) is 4.15. The van der Waals surface area contributed by atoms with Gasteiger partial charge in [0, 0.05) is 39.4 Å². The fourth-order valence-corrected chi connectivity index (χ4v) is 4.15. The van der Waals surface area contributed by atoms with E-state index in [-0.39, 0.29) is 0 Å². The van der Waals surface area contributed by atoms with E-state index in [1.54, 1.807) is 11.1 Å². The van der Waals surface area contributed by atoms with Crippen molar-refractivity contribution in [3.05, 3.63) is 101 Å². The van der Waals surface area contributed by atoms with E-state index in [0.717, 1.165) is 19.6 Å². The Morgan fingerprint density at radius 1 is 0.643 bits per heavy atom. The molecule has 0 saturated heterocycles. The third-order valence-corrected chi connectivity index (χ3v) is 5.68. The number of rotatable bonds is 7. The molecule has 0 aromatic heterocycles. The Labute approximate surface area is 169 Å². The number of fused-ring (bicyclic) bond motifs is 1. The van der Waals surface area contributed by atoms with Crippen molar-refractivity contribution in [3.63, 3.8) is 0 Å². The van der Waals surface area contributed by atoms with Crippen molar-refractivity contribution in [1.29, 1.82) is 0 Å². The molecule has 0 radical (unpaired) electrons. The molecule has 2 heteroatoms. The van der Waals surface area contributed by atoms with Crippen LogP contribution in [0.1, 0.15) is 34.2 Å². The number of benzene rings is 3. The number of nitrogens with zero attached hydrogens (tertiary/aromatic N) is 2. The van der Waals surface area contributed by atoms with Crippen LogP contribution in [0.25, 0.3) is 0 Å². The van der Waals surface area contributed by atoms with Crippen molar-refractivity contribution in [2.75, 3.05) is 19.0 Å². The summed E-state index contributed by atoms with van der Waals surface area (Å²) in [6, 6.07) is 26.9. The molecule has 1 aliphatic rings. The summed E-state index contributed by atoms with van der Waals surface area (Å²) < 4.78 is 0. The number of hydrogen-bond donors (Lipinski definition) is 0. The molecular weight excluding hydrogens is 340 g/mol. The summed E-state index contributed by atoms with van der Waals surface area (Å²) in [6.45, 7) is 2.91. The Balaban J connectivity index is 1.53. The summed E-state index contributed by atoms with van der Waals surface area (Å²) in [6.07, 6.45) is 3.81. The van der Waals surface area contributed by atoms with Crippen LogP contribution in [-0.2, 0) is 32.5 Å². The van der Waals surface area contributed by atoms with Crippen molar-refractivity contribution in [2.45, 2.75) is 38.9 Å². The molecule has 0 heterocycles. The molecule has 0 unspecified atom stereocenters. The average Bonchev–Trinajstić information content (AvgIpc) is 3.17. The van der Waals surface area contributed by atoms with Crippen LogP contribution in [0.4, 0.5) is 5.69 Å². The first-order chi connectivity index (χ1) is 13.7. The van der Waals surface area contributed by atoms with Gasteiger partial charge in [-0.25, -0.2) is 0 Å². The van der Waals surface area contributed by atoms with E-state index in [4.69, 9.17) is 0 Å². The Morgan fingerprint density at radius 3 is 1.96 bits per heavy atom. The van der Waals surface area contributed by atoms with E-state index in [0.29, 0.717) is 0 Å². The molecule has 0 spiro atoms. The second-order valence-electron chi connectivity index (χ2n) is 8.15. The molecule has 0 fully saturated rings. The maximum Gasteiger partial charge on any atom is 0.0361 e. The highest BCUT2D eigenvalue weighted by Crippen LogP contribution is 2.24. The zero-order chi connectivity index (χ0) is 19.3. The molecule has 0 aliphatic heterocycles. The van der Waals surface area contributed by atoms with Gasteiger partial charge in [-0.15, -0.1) is 0 Å². The highest BCUT2D eigenvalue weighted by Gasteiger charge is 2.13. The average molecular weight is 371 g/mol. The lowest BCUT2D eigenvalue weighted by molar-refractivity contribution is 0.247. The van der Waals surface area contributed by atoms with Crippen LogP contribution in [0, 0.1) is 0 Å². The monoisotopic (exact) mass is 370 g/mol. The minimum absolute atomic E-state index is 0.958. The zero-order valence-corrected chi connectivity index (χ0v) is 17.1. The van der Waals surface area contributed by atoms with Gasteiger partial charge in [-0.3, -0.25) is 4.90 Å². The van der Waals surface area contributed by atoms with Crippen LogP contribution < -0.4 is 4.90 Å². The van der Waals surface area contributed by atoms with Gasteiger partial charge in [-0.1, -0.05) is 60.7 Å². The van der Waals surface area contributed by atoms with E-state index in [1.807, 2.05) is 0 Å². The van der Waals surface area contributed by atoms with Crippen molar-refractivity contribution < 1.29 is 0 Å². The van der Waals surface area contributed by atoms with Crippen LogP contribution in [0.5, 0.6) is 0 Å². The second-order valence-corrected chi connectivity index (χ2v) is 8.15. The predicted molar refractivity (Wildman–Crippen MR) is 119 cm³/mol. The predicted octanol–water partition coefficient (Wildman–Crippen LogP) is 5.44. The molecule has 0 bridgehead atoms. The molecule has 0 N–H and O–H groups in total. The SMILES string of the molecule is CN(C)c1ccc(CN(Cc2ccccc2)Cc2ccc3c(c2)CCC3)cc1. The molecule has 144 valence electrons. The summed E-state index contributed by atoms with van der Waals surface area (Å²) in [5.41, 5.74) is 8.53. The highest BCUT2D eigenvalue weighted by atomic mass is 15.1. The lowest BCUT2D eigenvalue weighted by atomic mass is 10.1. The van der Waals surface area contributed by atoms with Crippen molar-refractivity contribution >= 4 is 5.69 Å². The Kier molecular flexibility index (Phi) is 5.78. The first kappa shape index (κ1) is 18.8. The first-order valence-electron chi connectivity index (χ1n) is 10.3. The first-order valence-corrected chi connectivity index (χ1v) is 10.3. The Bertz CT molecular complexity index is 897. The van der Waals surface area contributed by atoms with Crippen LogP contribution in [0.2, 0.25) is 0 Å². The second kappa shape index (κ2) is 8.62. The van der Waals surface area contributed by atoms with Crippen molar-refractivity contribution in [1.82, 2.24) is 4.90 Å². The third-order valence-electron chi connectivity index (χ3n) is 5.68. The van der Waals surface area contributed by atoms with Crippen molar-refractivity contribution in [3.8, 4) is 0 Å². The highest BCUT2D eigenvalue weighted by molar-refractivity contribution is 5.46. The van der Waals surface area contributed by atoms with Crippen LogP contribution >= 0.6 is 0 Å². The molecule has 28 heavy (non-hydrogen) atoms. The van der Waals surface area contributed by atoms with Gasteiger partial charge in [0.15, 0.2) is 0 Å². The molecule has 0 amide bonds. The zero-order valence-electron chi connectivity index (χ0n) is 17.1. The third kappa shape index (κ3) is 4.63. The number of anilines is 1. The van der Waals surface area contributed by atoms with Gasteiger partial charge >= 0.3 is 0 Å². The van der Waals surface area contributed by atoms with E-state index in [9.17, 15) is 0 Å². The summed E-state index contributed by atoms with van der Waals surface area (Å²) in [7, 11) is 4.18. The molecule has 0 atom stereocenters. The van der Waals surface area contributed by atoms with Crippen LogP contribution in [0.15, 0.2) is 72.8 Å². The molecular formula is C26H30N2. The smallest absolute Gasteiger partial charge is 0.0361 e. The normalized spacial score (nSPS) is 13.0. The Hall–Kier alpha value is -2.58. The maximum atomic E-state index is 2.55. The van der Waals surface area contributed by atoms with Gasteiger partial charge in [-0.2, -0.15) is 0 Å². The van der Waals surface area contributed by atoms with Gasteiger partial charge in [-0.05, 0) is 59.2 Å². The van der Waals surface area contributed by atoms with Crippen LogP contribution in [0.3, 0.4) is 0 Å². The summed E-state index contributed by atoms with van der Waals surface area (Å²) in [4.78, 5) is 4.70. The minimum Gasteiger partial charge on any atom is -0.378 e.